The van der Waals surface area contributed by atoms with E-state index >= 15 is 0 Å². The van der Waals surface area contributed by atoms with Gasteiger partial charge in [0.25, 0.3) is 5.91 Å². The van der Waals surface area contributed by atoms with Crippen molar-refractivity contribution < 1.29 is 4.79 Å². The fraction of sp³-hybridized carbons (Fsp3) is 0.200. The molecule has 2 rings (SSSR count). The van der Waals surface area contributed by atoms with Gasteiger partial charge in [-0.3, -0.25) is 4.79 Å². The van der Waals surface area contributed by atoms with Crippen molar-refractivity contribution in [2.24, 2.45) is 0 Å². The van der Waals surface area contributed by atoms with Gasteiger partial charge in [-0.2, -0.15) is 0 Å². The van der Waals surface area contributed by atoms with Crippen molar-refractivity contribution in [3.8, 4) is 0 Å². The van der Waals surface area contributed by atoms with Crippen molar-refractivity contribution >= 4 is 33.3 Å². The lowest BCUT2D eigenvalue weighted by Gasteiger charge is -2.10. The number of carbonyl (C=O) groups is 1. The fourth-order valence-electron chi connectivity index (χ4n) is 1.87. The summed E-state index contributed by atoms with van der Waals surface area (Å²) in [6.07, 6.45) is 0. The van der Waals surface area contributed by atoms with E-state index < -0.39 is 0 Å². The Kier molecular flexibility index (Phi) is 4.39. The topological polar surface area (TPSA) is 54.0 Å². The number of nitrogens with one attached hydrogen (secondary N) is 2. The number of hydrogen-bond donors (Lipinski definition) is 2. The number of benzene rings is 1. The van der Waals surface area contributed by atoms with Gasteiger partial charge >= 0.3 is 0 Å². The highest BCUT2D eigenvalue weighted by Crippen LogP contribution is 2.26. The van der Waals surface area contributed by atoms with Gasteiger partial charge in [-0.05, 0) is 53.5 Å². The monoisotopic (exact) mass is 333 g/mol. The van der Waals surface area contributed by atoms with Crippen molar-refractivity contribution in [3.63, 3.8) is 0 Å². The average molecular weight is 334 g/mol. The Bertz CT molecular complexity index is 656. The van der Waals surface area contributed by atoms with E-state index in [0.717, 1.165) is 21.4 Å². The molecular weight excluding hydrogens is 318 g/mol. The maximum Gasteiger partial charge on any atom is 0.255 e. The second-order valence-electron chi connectivity index (χ2n) is 4.52. The Morgan fingerprint density at radius 2 is 2.00 bits per heavy atom. The van der Waals surface area contributed by atoms with Crippen LogP contribution in [0.25, 0.3) is 0 Å². The SMILES string of the molecule is CNc1cc(C(=O)Nc2cccc(C)c2Br)cc(C)n1. The van der Waals surface area contributed by atoms with Gasteiger partial charge in [0.05, 0.1) is 5.69 Å². The predicted octanol–water partition coefficient (Wildman–Crippen LogP) is 3.75. The van der Waals surface area contributed by atoms with Gasteiger partial charge in [-0.1, -0.05) is 12.1 Å². The Morgan fingerprint density at radius 3 is 2.70 bits per heavy atom. The lowest BCUT2D eigenvalue weighted by Crippen LogP contribution is -2.13. The molecule has 0 atom stereocenters. The molecule has 104 valence electrons. The second-order valence-corrected chi connectivity index (χ2v) is 5.32. The average Bonchev–Trinajstić information content (AvgIpc) is 2.43. The summed E-state index contributed by atoms with van der Waals surface area (Å²) in [6.45, 7) is 3.84. The van der Waals surface area contributed by atoms with Crippen molar-refractivity contribution in [1.82, 2.24) is 4.98 Å². The number of aryl methyl sites for hydroxylation is 2. The predicted molar refractivity (Wildman–Crippen MR) is 85.4 cm³/mol. The van der Waals surface area contributed by atoms with Crippen molar-refractivity contribution in [2.45, 2.75) is 13.8 Å². The van der Waals surface area contributed by atoms with Crippen LogP contribution in [0.4, 0.5) is 11.5 Å². The van der Waals surface area contributed by atoms with Gasteiger partial charge in [-0.15, -0.1) is 0 Å². The lowest BCUT2D eigenvalue weighted by molar-refractivity contribution is 0.102. The summed E-state index contributed by atoms with van der Waals surface area (Å²) in [5.41, 5.74) is 3.21. The molecule has 2 N–H and O–H groups in total. The number of carbonyl (C=O) groups excluding carboxylic acids is 1. The molecule has 0 radical (unpaired) electrons. The van der Waals surface area contributed by atoms with Crippen molar-refractivity contribution in [3.05, 3.63) is 51.6 Å². The van der Waals surface area contributed by atoms with Crippen LogP contribution in [0.5, 0.6) is 0 Å². The molecule has 0 saturated heterocycles. The number of aromatic nitrogens is 1. The smallest absolute Gasteiger partial charge is 0.255 e. The van der Waals surface area contributed by atoms with Crippen LogP contribution in [-0.4, -0.2) is 17.9 Å². The summed E-state index contributed by atoms with van der Waals surface area (Å²) in [4.78, 5) is 16.6. The summed E-state index contributed by atoms with van der Waals surface area (Å²) in [5, 5.41) is 5.85. The molecule has 20 heavy (non-hydrogen) atoms. The standard InChI is InChI=1S/C15H16BrN3O/c1-9-5-4-6-12(14(9)16)19-15(20)11-7-10(2)18-13(8-11)17-3/h4-8H,1-3H3,(H,17,18)(H,19,20). The van der Waals surface area contributed by atoms with Crippen LogP contribution in [0.15, 0.2) is 34.8 Å². The fourth-order valence-corrected chi connectivity index (χ4v) is 2.23. The molecule has 0 bridgehead atoms. The molecule has 4 nitrogen and oxygen atoms in total. The Morgan fingerprint density at radius 1 is 1.25 bits per heavy atom. The molecule has 1 aromatic carbocycles. The van der Waals surface area contributed by atoms with E-state index in [4.69, 9.17) is 0 Å². The number of pyridine rings is 1. The normalized spacial score (nSPS) is 10.2. The molecule has 0 spiro atoms. The first kappa shape index (κ1) is 14.5. The Hall–Kier alpha value is -1.88. The molecule has 0 fully saturated rings. The molecule has 0 unspecified atom stereocenters. The van der Waals surface area contributed by atoms with E-state index in [9.17, 15) is 4.79 Å². The summed E-state index contributed by atoms with van der Waals surface area (Å²) in [5.74, 6) is 0.525. The zero-order chi connectivity index (χ0) is 14.7. The molecule has 2 aromatic rings. The van der Waals surface area contributed by atoms with Crippen LogP contribution in [-0.2, 0) is 0 Å². The summed E-state index contributed by atoms with van der Waals surface area (Å²) in [7, 11) is 1.78. The molecule has 0 saturated carbocycles. The van der Waals surface area contributed by atoms with Gasteiger partial charge < -0.3 is 10.6 Å². The molecular formula is C15H16BrN3O. The van der Waals surface area contributed by atoms with Crippen LogP contribution < -0.4 is 10.6 Å². The number of nitrogens with zero attached hydrogens (tertiary/aromatic N) is 1. The van der Waals surface area contributed by atoms with E-state index in [1.807, 2.05) is 32.0 Å². The molecule has 5 heteroatoms. The van der Waals surface area contributed by atoms with Gasteiger partial charge in [0, 0.05) is 22.8 Å². The van der Waals surface area contributed by atoms with Crippen LogP contribution >= 0.6 is 15.9 Å². The third-order valence-corrected chi connectivity index (χ3v) is 3.96. The maximum absolute atomic E-state index is 12.3. The Labute approximate surface area is 126 Å². The van der Waals surface area contributed by atoms with Crippen molar-refractivity contribution in [2.75, 3.05) is 17.7 Å². The molecule has 1 heterocycles. The summed E-state index contributed by atoms with van der Waals surface area (Å²) < 4.78 is 0.896. The molecule has 1 amide bonds. The maximum atomic E-state index is 12.3. The van der Waals surface area contributed by atoms with Crippen LogP contribution in [0, 0.1) is 13.8 Å². The third-order valence-electron chi connectivity index (χ3n) is 2.91. The minimum Gasteiger partial charge on any atom is -0.373 e. The third kappa shape index (κ3) is 3.17. The van der Waals surface area contributed by atoms with E-state index in [0.29, 0.717) is 11.4 Å². The number of anilines is 2. The van der Waals surface area contributed by atoms with Gasteiger partial charge in [-0.25, -0.2) is 4.98 Å². The lowest BCUT2D eigenvalue weighted by atomic mass is 10.2. The van der Waals surface area contributed by atoms with Crippen LogP contribution in [0.1, 0.15) is 21.6 Å². The van der Waals surface area contributed by atoms with E-state index in [2.05, 4.69) is 31.5 Å². The highest BCUT2D eigenvalue weighted by atomic mass is 79.9. The number of halogens is 1. The molecule has 0 aliphatic rings. The largest absolute Gasteiger partial charge is 0.373 e. The molecule has 0 aliphatic heterocycles. The zero-order valence-corrected chi connectivity index (χ0v) is 13.2. The molecule has 0 aliphatic carbocycles. The number of rotatable bonds is 3. The second kappa shape index (κ2) is 6.05. The number of amides is 1. The van der Waals surface area contributed by atoms with Crippen molar-refractivity contribution in [1.29, 1.82) is 0 Å². The highest BCUT2D eigenvalue weighted by Gasteiger charge is 2.11. The zero-order valence-electron chi connectivity index (χ0n) is 11.6. The van der Waals surface area contributed by atoms with E-state index in [1.165, 1.54) is 0 Å². The Balaban J connectivity index is 2.28. The van der Waals surface area contributed by atoms with Gasteiger partial charge in [0.15, 0.2) is 0 Å². The summed E-state index contributed by atoms with van der Waals surface area (Å²) >= 11 is 3.48. The van der Waals surface area contributed by atoms with E-state index in [1.54, 1.807) is 19.2 Å². The van der Waals surface area contributed by atoms with E-state index in [-0.39, 0.29) is 5.91 Å². The minimum absolute atomic E-state index is 0.154. The summed E-state index contributed by atoms with van der Waals surface area (Å²) in [6, 6.07) is 9.25. The minimum atomic E-state index is -0.154. The first-order chi connectivity index (χ1) is 9.51. The highest BCUT2D eigenvalue weighted by molar-refractivity contribution is 9.10. The number of hydrogen-bond acceptors (Lipinski definition) is 3. The van der Waals surface area contributed by atoms with Crippen LogP contribution in [0.2, 0.25) is 0 Å². The quantitative estimate of drug-likeness (QED) is 0.899. The first-order valence-electron chi connectivity index (χ1n) is 6.24. The van der Waals surface area contributed by atoms with Gasteiger partial charge in [0.2, 0.25) is 0 Å². The van der Waals surface area contributed by atoms with Gasteiger partial charge in [0.1, 0.15) is 5.82 Å². The molecule has 1 aromatic heterocycles. The first-order valence-corrected chi connectivity index (χ1v) is 7.03. The van der Waals surface area contributed by atoms with Crippen LogP contribution in [0.3, 0.4) is 0 Å².